The molecule has 2 aromatic heterocycles. The normalized spacial score (nSPS) is 10.3. The molecule has 1 N–H and O–H groups in total. The van der Waals surface area contributed by atoms with Crippen molar-refractivity contribution in [3.63, 3.8) is 0 Å². The second-order valence-corrected chi connectivity index (χ2v) is 4.06. The quantitative estimate of drug-likeness (QED) is 0.867. The van der Waals surface area contributed by atoms with Crippen LogP contribution in [-0.4, -0.2) is 14.8 Å². The summed E-state index contributed by atoms with van der Waals surface area (Å²) in [5.41, 5.74) is 2.16. The Morgan fingerprint density at radius 2 is 2.27 bits per heavy atom. The van der Waals surface area contributed by atoms with Crippen LogP contribution < -0.4 is 5.32 Å². The van der Waals surface area contributed by atoms with E-state index in [0.717, 1.165) is 22.4 Å². The lowest BCUT2D eigenvalue weighted by molar-refractivity contribution is 0.767. The van der Waals surface area contributed by atoms with Crippen molar-refractivity contribution in [1.82, 2.24) is 14.8 Å². The SMILES string of the molecule is Cn1cc(CNc2ccc(Br)nc2)cn1. The number of halogens is 1. The number of hydrogen-bond donors (Lipinski definition) is 1. The largest absolute Gasteiger partial charge is 0.380 e. The Morgan fingerprint density at radius 1 is 1.40 bits per heavy atom. The minimum atomic E-state index is 0.761. The van der Waals surface area contributed by atoms with Crippen LogP contribution in [-0.2, 0) is 13.6 Å². The van der Waals surface area contributed by atoms with Crippen LogP contribution in [0.3, 0.4) is 0 Å². The van der Waals surface area contributed by atoms with Gasteiger partial charge in [-0.25, -0.2) is 4.98 Å². The molecule has 0 saturated carbocycles. The van der Waals surface area contributed by atoms with E-state index in [1.54, 1.807) is 10.9 Å². The molecule has 0 radical (unpaired) electrons. The van der Waals surface area contributed by atoms with E-state index in [9.17, 15) is 0 Å². The van der Waals surface area contributed by atoms with Crippen molar-refractivity contribution >= 4 is 21.6 Å². The number of aromatic nitrogens is 3. The molecule has 5 heteroatoms. The molecular weight excluding hydrogens is 256 g/mol. The summed E-state index contributed by atoms with van der Waals surface area (Å²) in [5, 5.41) is 7.36. The van der Waals surface area contributed by atoms with Gasteiger partial charge in [-0.1, -0.05) is 0 Å². The van der Waals surface area contributed by atoms with E-state index >= 15 is 0 Å². The molecule has 2 heterocycles. The van der Waals surface area contributed by atoms with Crippen LogP contribution >= 0.6 is 15.9 Å². The Bertz CT molecular complexity index is 435. The van der Waals surface area contributed by atoms with Crippen LogP contribution in [0.4, 0.5) is 5.69 Å². The van der Waals surface area contributed by atoms with Gasteiger partial charge >= 0.3 is 0 Å². The highest BCUT2D eigenvalue weighted by molar-refractivity contribution is 9.10. The maximum atomic E-state index is 4.13. The molecule has 0 aliphatic heterocycles. The van der Waals surface area contributed by atoms with Crippen molar-refractivity contribution < 1.29 is 0 Å². The summed E-state index contributed by atoms with van der Waals surface area (Å²) in [6.45, 7) is 0.761. The molecule has 0 bridgehead atoms. The third-order valence-corrected chi connectivity index (χ3v) is 2.45. The smallest absolute Gasteiger partial charge is 0.106 e. The lowest BCUT2D eigenvalue weighted by atomic mass is 10.3. The van der Waals surface area contributed by atoms with E-state index in [0.29, 0.717) is 0 Å². The zero-order valence-corrected chi connectivity index (χ0v) is 9.90. The molecule has 0 amide bonds. The Morgan fingerprint density at radius 3 is 2.87 bits per heavy atom. The molecule has 2 aromatic rings. The molecule has 0 spiro atoms. The number of nitrogens with one attached hydrogen (secondary N) is 1. The van der Waals surface area contributed by atoms with Crippen LogP contribution in [0.25, 0.3) is 0 Å². The zero-order valence-electron chi connectivity index (χ0n) is 8.31. The van der Waals surface area contributed by atoms with Gasteiger partial charge in [0.15, 0.2) is 0 Å². The van der Waals surface area contributed by atoms with E-state index < -0.39 is 0 Å². The first-order valence-electron chi connectivity index (χ1n) is 4.57. The van der Waals surface area contributed by atoms with E-state index in [1.165, 1.54) is 0 Å². The third-order valence-electron chi connectivity index (χ3n) is 1.98. The first-order valence-corrected chi connectivity index (χ1v) is 5.36. The van der Waals surface area contributed by atoms with Crippen molar-refractivity contribution in [1.29, 1.82) is 0 Å². The van der Waals surface area contributed by atoms with Crippen LogP contribution in [0, 0.1) is 0 Å². The number of rotatable bonds is 3. The second-order valence-electron chi connectivity index (χ2n) is 3.25. The molecule has 0 atom stereocenters. The number of anilines is 1. The van der Waals surface area contributed by atoms with Gasteiger partial charge in [-0.2, -0.15) is 5.10 Å². The molecule has 0 aliphatic carbocycles. The number of hydrogen-bond acceptors (Lipinski definition) is 3. The van der Waals surface area contributed by atoms with Crippen LogP contribution in [0.15, 0.2) is 35.3 Å². The van der Waals surface area contributed by atoms with Crippen molar-refractivity contribution in [2.75, 3.05) is 5.32 Å². The maximum absolute atomic E-state index is 4.13. The van der Waals surface area contributed by atoms with Crippen molar-refractivity contribution in [3.8, 4) is 0 Å². The topological polar surface area (TPSA) is 42.7 Å². The van der Waals surface area contributed by atoms with Crippen molar-refractivity contribution in [2.45, 2.75) is 6.54 Å². The van der Waals surface area contributed by atoms with E-state index in [-0.39, 0.29) is 0 Å². The molecule has 0 aromatic carbocycles. The Balaban J connectivity index is 1.96. The van der Waals surface area contributed by atoms with Crippen molar-refractivity contribution in [3.05, 3.63) is 40.9 Å². The predicted octanol–water partition coefficient (Wildman–Crippen LogP) is 2.19. The van der Waals surface area contributed by atoms with Gasteiger partial charge < -0.3 is 5.32 Å². The minimum Gasteiger partial charge on any atom is -0.380 e. The second kappa shape index (κ2) is 4.44. The summed E-state index contributed by atoms with van der Waals surface area (Å²) in [7, 11) is 1.91. The lowest BCUT2D eigenvalue weighted by Gasteiger charge is -2.03. The van der Waals surface area contributed by atoms with Crippen LogP contribution in [0.2, 0.25) is 0 Å². The molecular formula is C10H11BrN4. The standard InChI is InChI=1S/C10H11BrN4/c1-15-7-8(5-14-15)4-12-9-2-3-10(11)13-6-9/h2-3,5-7,12H,4H2,1H3. The average Bonchev–Trinajstić information content (AvgIpc) is 2.64. The maximum Gasteiger partial charge on any atom is 0.106 e. The zero-order chi connectivity index (χ0) is 10.7. The minimum absolute atomic E-state index is 0.761. The summed E-state index contributed by atoms with van der Waals surface area (Å²) in [6.07, 6.45) is 5.62. The monoisotopic (exact) mass is 266 g/mol. The van der Waals surface area contributed by atoms with Gasteiger partial charge in [0.2, 0.25) is 0 Å². The highest BCUT2D eigenvalue weighted by atomic mass is 79.9. The van der Waals surface area contributed by atoms with Gasteiger partial charge in [0.25, 0.3) is 0 Å². The van der Waals surface area contributed by atoms with Crippen LogP contribution in [0.1, 0.15) is 5.56 Å². The van der Waals surface area contributed by atoms with Gasteiger partial charge in [-0.15, -0.1) is 0 Å². The summed E-state index contributed by atoms with van der Waals surface area (Å²) in [4.78, 5) is 4.13. The average molecular weight is 267 g/mol. The summed E-state index contributed by atoms with van der Waals surface area (Å²) >= 11 is 3.29. The first kappa shape index (κ1) is 10.2. The van der Waals surface area contributed by atoms with Crippen LogP contribution in [0.5, 0.6) is 0 Å². The van der Waals surface area contributed by atoms with Gasteiger partial charge in [-0.05, 0) is 28.1 Å². The molecule has 4 nitrogen and oxygen atoms in total. The number of aryl methyl sites for hydroxylation is 1. The fourth-order valence-electron chi connectivity index (χ4n) is 1.25. The number of pyridine rings is 1. The summed E-state index contributed by atoms with van der Waals surface area (Å²) in [6, 6.07) is 3.89. The third kappa shape index (κ3) is 2.79. The highest BCUT2D eigenvalue weighted by Gasteiger charge is 1.96. The molecule has 0 saturated heterocycles. The Kier molecular flexibility index (Phi) is 3.01. The number of nitrogens with zero attached hydrogens (tertiary/aromatic N) is 3. The van der Waals surface area contributed by atoms with Gasteiger partial charge in [0.1, 0.15) is 4.60 Å². The Labute approximate surface area is 96.5 Å². The van der Waals surface area contributed by atoms with E-state index in [1.807, 2.05) is 31.6 Å². The fourth-order valence-corrected chi connectivity index (χ4v) is 1.48. The lowest BCUT2D eigenvalue weighted by Crippen LogP contribution is -1.98. The highest BCUT2D eigenvalue weighted by Crippen LogP contribution is 2.11. The molecule has 0 fully saturated rings. The van der Waals surface area contributed by atoms with Gasteiger partial charge in [0.05, 0.1) is 18.1 Å². The fraction of sp³-hybridized carbons (Fsp3) is 0.200. The Hall–Kier alpha value is -1.36. The first-order chi connectivity index (χ1) is 7.24. The molecule has 0 aliphatic rings. The van der Waals surface area contributed by atoms with E-state index in [2.05, 4.69) is 31.3 Å². The predicted molar refractivity (Wildman–Crippen MR) is 62.5 cm³/mol. The van der Waals surface area contributed by atoms with E-state index in [4.69, 9.17) is 0 Å². The molecule has 2 rings (SSSR count). The van der Waals surface area contributed by atoms with Gasteiger partial charge in [-0.3, -0.25) is 4.68 Å². The summed E-state index contributed by atoms with van der Waals surface area (Å²) in [5.74, 6) is 0. The molecule has 15 heavy (non-hydrogen) atoms. The van der Waals surface area contributed by atoms with Gasteiger partial charge in [0, 0.05) is 25.4 Å². The summed E-state index contributed by atoms with van der Waals surface area (Å²) < 4.78 is 2.63. The van der Waals surface area contributed by atoms with Crippen molar-refractivity contribution in [2.24, 2.45) is 7.05 Å². The molecule has 78 valence electrons. The molecule has 0 unspecified atom stereocenters.